The normalized spacial score (nSPS) is 14.3. The summed E-state index contributed by atoms with van der Waals surface area (Å²) in [4.78, 5) is 0. The first-order chi connectivity index (χ1) is 8.17. The van der Waals surface area contributed by atoms with Crippen LogP contribution >= 0.6 is 11.6 Å². The fourth-order valence-corrected chi connectivity index (χ4v) is 2.85. The third kappa shape index (κ3) is 3.71. The first kappa shape index (κ1) is 15.5. The molecule has 0 aliphatic heterocycles. The maximum atomic E-state index is 6.35. The summed E-state index contributed by atoms with van der Waals surface area (Å²) >= 11 is 6.03. The molecule has 0 amide bonds. The largest absolute Gasteiger partial charge is 0.407 e. The van der Waals surface area contributed by atoms with Crippen molar-refractivity contribution in [3.8, 4) is 0 Å². The molecule has 1 atom stereocenters. The van der Waals surface area contributed by atoms with E-state index in [0.717, 1.165) is 10.6 Å². The van der Waals surface area contributed by atoms with E-state index in [1.165, 1.54) is 0 Å². The molecule has 0 aliphatic rings. The van der Waals surface area contributed by atoms with Gasteiger partial charge in [0.05, 0.1) is 6.10 Å². The molecule has 1 aromatic rings. The van der Waals surface area contributed by atoms with Crippen molar-refractivity contribution in [1.29, 1.82) is 0 Å². The van der Waals surface area contributed by atoms with Crippen LogP contribution in [0.5, 0.6) is 0 Å². The van der Waals surface area contributed by atoms with Gasteiger partial charge in [-0.25, -0.2) is 0 Å². The highest BCUT2D eigenvalue weighted by atomic mass is 35.5. The topological polar surface area (TPSA) is 9.23 Å². The van der Waals surface area contributed by atoms with Gasteiger partial charge in [-0.15, -0.1) is 6.58 Å². The van der Waals surface area contributed by atoms with Crippen molar-refractivity contribution >= 4 is 19.9 Å². The first-order valence-electron chi connectivity index (χ1n) is 6.23. The van der Waals surface area contributed by atoms with Gasteiger partial charge in [0.2, 0.25) is 0 Å². The molecule has 1 rings (SSSR count). The molecule has 100 valence electrons. The smallest absolute Gasteiger partial charge is 0.193 e. The fraction of sp³-hybridized carbons (Fsp3) is 0.467. The quantitative estimate of drug-likeness (QED) is 0.517. The molecule has 1 nitrogen and oxygen atoms in total. The minimum Gasteiger partial charge on any atom is -0.407 e. The molecule has 0 aliphatic carbocycles. The van der Waals surface area contributed by atoms with Crippen LogP contribution in [0.3, 0.4) is 0 Å². The number of rotatable bonds is 4. The number of hydrogen-bond donors (Lipinski definition) is 0. The molecule has 1 unspecified atom stereocenters. The average molecular weight is 283 g/mol. The van der Waals surface area contributed by atoms with Crippen LogP contribution in [0.15, 0.2) is 36.9 Å². The predicted molar refractivity (Wildman–Crippen MR) is 82.7 cm³/mol. The number of halogens is 1. The zero-order valence-electron chi connectivity index (χ0n) is 12.0. The molecule has 0 N–H and O–H groups in total. The molecular weight excluding hydrogens is 260 g/mol. The minimum absolute atomic E-state index is 0.0791. The van der Waals surface area contributed by atoms with Crippen LogP contribution < -0.4 is 0 Å². The third-order valence-corrected chi connectivity index (χ3v) is 8.31. The number of hydrogen-bond acceptors (Lipinski definition) is 1. The second-order valence-corrected chi connectivity index (χ2v) is 11.3. The lowest BCUT2D eigenvalue weighted by Gasteiger charge is -2.38. The van der Waals surface area contributed by atoms with Crippen molar-refractivity contribution in [2.24, 2.45) is 0 Å². The molecule has 18 heavy (non-hydrogen) atoms. The van der Waals surface area contributed by atoms with Gasteiger partial charge in [-0.2, -0.15) is 0 Å². The fourth-order valence-electron chi connectivity index (χ4n) is 1.43. The molecule has 0 saturated carbocycles. The lowest BCUT2D eigenvalue weighted by molar-refractivity contribution is 0.230. The molecule has 3 heteroatoms. The molecule has 0 bridgehead atoms. The van der Waals surface area contributed by atoms with Gasteiger partial charge in [0, 0.05) is 5.02 Å². The third-order valence-electron chi connectivity index (χ3n) is 3.62. The van der Waals surface area contributed by atoms with Crippen molar-refractivity contribution in [3.05, 3.63) is 47.5 Å². The van der Waals surface area contributed by atoms with Gasteiger partial charge in [0.15, 0.2) is 8.32 Å². The van der Waals surface area contributed by atoms with Gasteiger partial charge < -0.3 is 4.43 Å². The van der Waals surface area contributed by atoms with E-state index in [2.05, 4.69) is 40.4 Å². The molecule has 0 radical (unpaired) electrons. The Labute approximate surface area is 117 Å². The lowest BCUT2D eigenvalue weighted by Crippen LogP contribution is -2.41. The van der Waals surface area contributed by atoms with Crippen LogP contribution in [0.25, 0.3) is 0 Å². The Kier molecular flexibility index (Phi) is 4.82. The molecule has 0 saturated heterocycles. The number of benzene rings is 1. The summed E-state index contributed by atoms with van der Waals surface area (Å²) in [5.41, 5.74) is 1.07. The SMILES string of the molecule is C=CC(O[Si](C)(C)C(C)(C)C)c1cccc(Cl)c1. The standard InChI is InChI=1S/C15H23ClOSi/c1-7-14(12-9-8-10-13(16)11-12)17-18(5,6)15(2,3)4/h7-11,14H,1H2,2-6H3. The van der Waals surface area contributed by atoms with Gasteiger partial charge in [-0.3, -0.25) is 0 Å². The van der Waals surface area contributed by atoms with Crippen molar-refractivity contribution in [2.75, 3.05) is 0 Å². The van der Waals surface area contributed by atoms with E-state index in [9.17, 15) is 0 Å². The highest BCUT2D eigenvalue weighted by molar-refractivity contribution is 6.74. The Morgan fingerprint density at radius 3 is 2.39 bits per heavy atom. The Hall–Kier alpha value is -0.573. The maximum Gasteiger partial charge on any atom is 0.193 e. The van der Waals surface area contributed by atoms with E-state index in [0.29, 0.717) is 0 Å². The van der Waals surface area contributed by atoms with E-state index in [1.807, 2.05) is 30.3 Å². The van der Waals surface area contributed by atoms with Crippen LogP contribution in [0.1, 0.15) is 32.4 Å². The van der Waals surface area contributed by atoms with Crippen molar-refractivity contribution in [1.82, 2.24) is 0 Å². The van der Waals surface area contributed by atoms with E-state index < -0.39 is 8.32 Å². The molecule has 0 heterocycles. The van der Waals surface area contributed by atoms with Crippen LogP contribution in [0, 0.1) is 0 Å². The Morgan fingerprint density at radius 2 is 1.94 bits per heavy atom. The predicted octanol–water partition coefficient (Wildman–Crippen LogP) is 5.59. The van der Waals surface area contributed by atoms with Crippen molar-refractivity contribution in [2.45, 2.75) is 45.0 Å². The van der Waals surface area contributed by atoms with Crippen LogP contribution in [-0.4, -0.2) is 8.32 Å². The lowest BCUT2D eigenvalue weighted by atomic mass is 10.1. The zero-order chi connectivity index (χ0) is 14.0. The summed E-state index contributed by atoms with van der Waals surface area (Å²) in [5, 5.41) is 0.922. The van der Waals surface area contributed by atoms with Gasteiger partial charge >= 0.3 is 0 Å². The second-order valence-electron chi connectivity index (χ2n) is 6.09. The highest BCUT2D eigenvalue weighted by Gasteiger charge is 2.38. The monoisotopic (exact) mass is 282 g/mol. The maximum absolute atomic E-state index is 6.35. The summed E-state index contributed by atoms with van der Waals surface area (Å²) in [6, 6.07) is 7.80. The van der Waals surface area contributed by atoms with E-state index in [-0.39, 0.29) is 11.1 Å². The summed E-state index contributed by atoms with van der Waals surface area (Å²) in [5.74, 6) is 0. The second kappa shape index (κ2) is 5.60. The summed E-state index contributed by atoms with van der Waals surface area (Å²) in [6.45, 7) is 15.1. The van der Waals surface area contributed by atoms with Gasteiger partial charge in [-0.05, 0) is 35.8 Å². The van der Waals surface area contributed by atoms with E-state index in [1.54, 1.807) is 0 Å². The first-order valence-corrected chi connectivity index (χ1v) is 9.52. The van der Waals surface area contributed by atoms with Crippen LogP contribution in [0.4, 0.5) is 0 Å². The van der Waals surface area contributed by atoms with Gasteiger partial charge in [-0.1, -0.05) is 50.6 Å². The van der Waals surface area contributed by atoms with Crippen molar-refractivity contribution < 1.29 is 4.43 Å². The minimum atomic E-state index is -1.80. The molecule has 0 spiro atoms. The van der Waals surface area contributed by atoms with Gasteiger partial charge in [0.25, 0.3) is 0 Å². The van der Waals surface area contributed by atoms with Crippen LogP contribution in [-0.2, 0) is 4.43 Å². The molecule has 0 aromatic heterocycles. The zero-order valence-corrected chi connectivity index (χ0v) is 13.7. The Balaban J connectivity index is 2.96. The summed E-state index contributed by atoms with van der Waals surface area (Å²) < 4.78 is 6.35. The summed E-state index contributed by atoms with van der Waals surface area (Å²) in [7, 11) is -1.80. The molecular formula is C15H23ClOSi. The Bertz CT molecular complexity index is 421. The average Bonchev–Trinajstić information content (AvgIpc) is 2.24. The summed E-state index contributed by atoms with van der Waals surface area (Å²) in [6.07, 6.45) is 1.77. The van der Waals surface area contributed by atoms with Crippen molar-refractivity contribution in [3.63, 3.8) is 0 Å². The van der Waals surface area contributed by atoms with Gasteiger partial charge in [0.1, 0.15) is 0 Å². The molecule has 0 fully saturated rings. The highest BCUT2D eigenvalue weighted by Crippen LogP contribution is 2.40. The van der Waals surface area contributed by atoms with Crippen LogP contribution in [0.2, 0.25) is 23.2 Å². The molecule has 1 aromatic carbocycles. The van der Waals surface area contributed by atoms with E-state index in [4.69, 9.17) is 16.0 Å². The Morgan fingerprint density at radius 1 is 1.33 bits per heavy atom. The van der Waals surface area contributed by atoms with E-state index >= 15 is 0 Å².